The summed E-state index contributed by atoms with van der Waals surface area (Å²) in [7, 11) is 0. The molecule has 0 rings (SSSR count). The highest BCUT2D eigenvalue weighted by atomic mass is 16.6. The van der Waals surface area contributed by atoms with Crippen molar-refractivity contribution < 1.29 is 24.2 Å². The number of hydrogen-bond donors (Lipinski definition) is 1. The summed E-state index contributed by atoms with van der Waals surface area (Å²) in [5.41, 5.74) is 0. The van der Waals surface area contributed by atoms with Gasteiger partial charge in [-0.1, -0.05) is 0 Å². The monoisotopic (exact) mass is 158 g/mol. The van der Waals surface area contributed by atoms with E-state index in [1.807, 2.05) is 0 Å². The summed E-state index contributed by atoms with van der Waals surface area (Å²) in [5.74, 6) is -3.03. The van der Waals surface area contributed by atoms with Gasteiger partial charge in [0, 0.05) is 19.1 Å². The summed E-state index contributed by atoms with van der Waals surface area (Å²) < 4.78 is 3.97. The Kier molecular flexibility index (Phi) is 3.58. The summed E-state index contributed by atoms with van der Waals surface area (Å²) in [6.07, 6.45) is 1.25. The number of carbonyl (C=O) groups is 3. The van der Waals surface area contributed by atoms with Gasteiger partial charge >= 0.3 is 17.9 Å². The van der Waals surface area contributed by atoms with E-state index in [4.69, 9.17) is 5.11 Å². The molecule has 0 radical (unpaired) electrons. The maximum absolute atomic E-state index is 10.4. The van der Waals surface area contributed by atoms with Gasteiger partial charge in [0.2, 0.25) is 0 Å². The van der Waals surface area contributed by atoms with Crippen molar-refractivity contribution in [3.63, 3.8) is 0 Å². The van der Waals surface area contributed by atoms with Crippen molar-refractivity contribution in [1.29, 1.82) is 0 Å². The Hall–Kier alpha value is -1.65. The van der Waals surface area contributed by atoms with Crippen LogP contribution in [0.3, 0.4) is 0 Å². The number of hydrogen-bond acceptors (Lipinski definition) is 4. The lowest BCUT2D eigenvalue weighted by Gasteiger charge is -1.90. The quantitative estimate of drug-likeness (QED) is 0.339. The highest BCUT2D eigenvalue weighted by Gasteiger charge is 2.00. The van der Waals surface area contributed by atoms with E-state index >= 15 is 0 Å². The van der Waals surface area contributed by atoms with Crippen molar-refractivity contribution in [3.05, 3.63) is 12.2 Å². The molecular weight excluding hydrogens is 152 g/mol. The van der Waals surface area contributed by atoms with E-state index in [-0.39, 0.29) is 0 Å². The second kappa shape index (κ2) is 4.21. The zero-order valence-electron chi connectivity index (χ0n) is 5.73. The summed E-state index contributed by atoms with van der Waals surface area (Å²) >= 11 is 0. The van der Waals surface area contributed by atoms with Crippen LogP contribution < -0.4 is 0 Å². The Balaban J connectivity index is 3.88. The van der Waals surface area contributed by atoms with Crippen LogP contribution in [0, 0.1) is 0 Å². The molecule has 0 unspecified atom stereocenters. The second-order valence-electron chi connectivity index (χ2n) is 1.58. The minimum absolute atomic E-state index is 0.589. The number of ether oxygens (including phenoxy) is 1. The summed E-state index contributed by atoms with van der Waals surface area (Å²) in [5, 5.41) is 8.02. The Morgan fingerprint density at radius 3 is 2.18 bits per heavy atom. The molecule has 0 spiro atoms. The predicted octanol–water partition coefficient (Wildman–Crippen LogP) is -0.283. The molecule has 11 heavy (non-hydrogen) atoms. The number of carbonyl (C=O) groups excluding carboxylic acids is 2. The molecule has 0 aliphatic heterocycles. The third-order valence-corrected chi connectivity index (χ3v) is 0.606. The molecule has 0 saturated heterocycles. The summed E-state index contributed by atoms with van der Waals surface area (Å²) in [6, 6.07) is 0. The van der Waals surface area contributed by atoms with E-state index in [0.717, 1.165) is 6.92 Å². The Bertz CT molecular complexity index is 215. The molecule has 0 aromatic carbocycles. The first kappa shape index (κ1) is 9.35. The lowest BCUT2D eigenvalue weighted by atomic mass is 10.5. The molecule has 0 aromatic rings. The van der Waals surface area contributed by atoms with Gasteiger partial charge in [0.05, 0.1) is 0 Å². The Labute approximate surface area is 62.3 Å². The van der Waals surface area contributed by atoms with Gasteiger partial charge in [0.15, 0.2) is 0 Å². The average Bonchev–Trinajstić information content (AvgIpc) is 1.82. The SMILES string of the molecule is CC(=O)OC(=O)/C=C\C(=O)O. The van der Waals surface area contributed by atoms with Crippen LogP contribution in [-0.4, -0.2) is 23.0 Å². The maximum Gasteiger partial charge on any atom is 0.338 e. The highest BCUT2D eigenvalue weighted by Crippen LogP contribution is 1.82. The van der Waals surface area contributed by atoms with Gasteiger partial charge in [0.25, 0.3) is 0 Å². The van der Waals surface area contributed by atoms with Crippen LogP contribution in [0.5, 0.6) is 0 Å². The van der Waals surface area contributed by atoms with Crippen LogP contribution in [-0.2, 0) is 19.1 Å². The Morgan fingerprint density at radius 1 is 1.27 bits per heavy atom. The van der Waals surface area contributed by atoms with Gasteiger partial charge < -0.3 is 9.84 Å². The minimum atomic E-state index is -1.27. The van der Waals surface area contributed by atoms with Gasteiger partial charge in [0.1, 0.15) is 0 Å². The standard InChI is InChI=1S/C6H6O5/c1-4(7)11-6(10)3-2-5(8)9/h2-3H,1H3,(H,8,9)/b3-2-. The van der Waals surface area contributed by atoms with Crippen LogP contribution >= 0.6 is 0 Å². The van der Waals surface area contributed by atoms with Gasteiger partial charge in [-0.3, -0.25) is 4.79 Å². The third kappa shape index (κ3) is 6.23. The molecule has 0 aliphatic carbocycles. The molecule has 0 atom stereocenters. The van der Waals surface area contributed by atoms with E-state index in [0.29, 0.717) is 12.2 Å². The minimum Gasteiger partial charge on any atom is -0.478 e. The smallest absolute Gasteiger partial charge is 0.338 e. The fourth-order valence-corrected chi connectivity index (χ4v) is 0.315. The number of carboxylic acid groups (broad SMARTS) is 1. The maximum atomic E-state index is 10.4. The van der Waals surface area contributed by atoms with E-state index in [9.17, 15) is 14.4 Å². The number of rotatable bonds is 2. The first-order valence-corrected chi connectivity index (χ1v) is 2.65. The Morgan fingerprint density at radius 2 is 1.82 bits per heavy atom. The first-order valence-electron chi connectivity index (χ1n) is 2.65. The van der Waals surface area contributed by atoms with Gasteiger partial charge in [-0.2, -0.15) is 0 Å². The normalized spacial score (nSPS) is 9.55. The molecule has 1 N–H and O–H groups in total. The fourth-order valence-electron chi connectivity index (χ4n) is 0.315. The van der Waals surface area contributed by atoms with Crippen LogP contribution in [0.2, 0.25) is 0 Å². The highest BCUT2D eigenvalue weighted by molar-refractivity contribution is 5.95. The zero-order chi connectivity index (χ0) is 8.85. The lowest BCUT2D eigenvalue weighted by molar-refractivity contribution is -0.154. The van der Waals surface area contributed by atoms with Crippen molar-refractivity contribution in [1.82, 2.24) is 0 Å². The number of aliphatic carboxylic acids is 1. The van der Waals surface area contributed by atoms with Crippen molar-refractivity contribution in [2.75, 3.05) is 0 Å². The molecule has 5 nitrogen and oxygen atoms in total. The fraction of sp³-hybridized carbons (Fsp3) is 0.167. The van der Waals surface area contributed by atoms with Crippen molar-refractivity contribution in [2.24, 2.45) is 0 Å². The van der Waals surface area contributed by atoms with Gasteiger partial charge in [-0.05, 0) is 0 Å². The predicted molar refractivity (Wildman–Crippen MR) is 33.5 cm³/mol. The van der Waals surface area contributed by atoms with Crippen LogP contribution in [0.1, 0.15) is 6.92 Å². The molecule has 0 amide bonds. The summed E-state index contributed by atoms with van der Waals surface area (Å²) in [6.45, 7) is 1.05. The van der Waals surface area contributed by atoms with E-state index in [2.05, 4.69) is 4.74 Å². The molecule has 0 aliphatic rings. The van der Waals surface area contributed by atoms with Crippen molar-refractivity contribution in [2.45, 2.75) is 6.92 Å². The molecule has 0 aromatic heterocycles. The van der Waals surface area contributed by atoms with Crippen LogP contribution in [0.15, 0.2) is 12.2 Å². The first-order chi connectivity index (χ1) is 5.02. The summed E-state index contributed by atoms with van der Waals surface area (Å²) in [4.78, 5) is 30.2. The van der Waals surface area contributed by atoms with Crippen molar-refractivity contribution >= 4 is 17.9 Å². The van der Waals surface area contributed by atoms with E-state index < -0.39 is 17.9 Å². The van der Waals surface area contributed by atoms with E-state index in [1.54, 1.807) is 0 Å². The van der Waals surface area contributed by atoms with E-state index in [1.165, 1.54) is 0 Å². The van der Waals surface area contributed by atoms with Crippen LogP contribution in [0.25, 0.3) is 0 Å². The lowest BCUT2D eigenvalue weighted by Crippen LogP contribution is -2.06. The largest absolute Gasteiger partial charge is 0.478 e. The number of carboxylic acids is 1. The molecule has 60 valence electrons. The van der Waals surface area contributed by atoms with Gasteiger partial charge in [-0.25, -0.2) is 9.59 Å². The molecule has 5 heteroatoms. The third-order valence-electron chi connectivity index (χ3n) is 0.606. The molecule has 0 saturated carbocycles. The van der Waals surface area contributed by atoms with Gasteiger partial charge in [-0.15, -0.1) is 0 Å². The van der Waals surface area contributed by atoms with Crippen LogP contribution in [0.4, 0.5) is 0 Å². The topological polar surface area (TPSA) is 80.7 Å². The second-order valence-corrected chi connectivity index (χ2v) is 1.58. The molecule has 0 bridgehead atoms. The average molecular weight is 158 g/mol. The van der Waals surface area contributed by atoms with Crippen molar-refractivity contribution in [3.8, 4) is 0 Å². The number of esters is 2. The molecule has 0 heterocycles. The zero-order valence-corrected chi connectivity index (χ0v) is 5.73. The molecule has 0 fully saturated rings. The molecular formula is C6H6O5.